The molecule has 0 aliphatic heterocycles. The number of thiazole rings is 1. The number of nitrogens with zero attached hydrogens (tertiary/aromatic N) is 1. The Labute approximate surface area is 126 Å². The van der Waals surface area contributed by atoms with Crippen LogP contribution in [-0.4, -0.2) is 11.3 Å². The molecule has 0 N–H and O–H groups in total. The number of aldehydes is 1. The topological polar surface area (TPSA) is 30.0 Å². The molecular formula is C14H14ClNOS2. The summed E-state index contributed by atoms with van der Waals surface area (Å²) in [5.74, 6) is 0. The van der Waals surface area contributed by atoms with Crippen molar-refractivity contribution in [3.63, 3.8) is 0 Å². The third-order valence-corrected chi connectivity index (χ3v) is 5.07. The minimum absolute atomic E-state index is 0.151. The summed E-state index contributed by atoms with van der Waals surface area (Å²) >= 11 is 8.69. The zero-order valence-electron chi connectivity index (χ0n) is 10.9. The van der Waals surface area contributed by atoms with Gasteiger partial charge in [-0.2, -0.15) is 0 Å². The monoisotopic (exact) mass is 311 g/mol. The van der Waals surface area contributed by atoms with Gasteiger partial charge < -0.3 is 0 Å². The van der Waals surface area contributed by atoms with Gasteiger partial charge in [0.15, 0.2) is 15.8 Å². The zero-order chi connectivity index (χ0) is 14.0. The summed E-state index contributed by atoms with van der Waals surface area (Å²) in [5, 5.41) is 0.286. The van der Waals surface area contributed by atoms with Crippen LogP contribution >= 0.6 is 34.7 Å². The number of hydrogen-bond acceptors (Lipinski definition) is 4. The Morgan fingerprint density at radius 2 is 1.89 bits per heavy atom. The van der Waals surface area contributed by atoms with E-state index in [4.69, 9.17) is 11.6 Å². The average Bonchev–Trinajstić information content (AvgIpc) is 2.69. The van der Waals surface area contributed by atoms with Crippen LogP contribution < -0.4 is 0 Å². The van der Waals surface area contributed by atoms with E-state index in [-0.39, 0.29) is 10.6 Å². The summed E-state index contributed by atoms with van der Waals surface area (Å²) in [6.07, 6.45) is 0.743. The summed E-state index contributed by atoms with van der Waals surface area (Å²) in [4.78, 5) is 16.5. The summed E-state index contributed by atoms with van der Waals surface area (Å²) in [6, 6.07) is 8.39. The fourth-order valence-corrected chi connectivity index (χ4v) is 3.72. The lowest BCUT2D eigenvalue weighted by Gasteiger charge is -2.18. The minimum Gasteiger partial charge on any atom is -0.297 e. The van der Waals surface area contributed by atoms with Gasteiger partial charge >= 0.3 is 0 Å². The Morgan fingerprint density at radius 3 is 2.37 bits per heavy atom. The maximum absolute atomic E-state index is 10.7. The highest BCUT2D eigenvalue weighted by atomic mass is 35.5. The molecule has 2 rings (SSSR count). The van der Waals surface area contributed by atoms with Crippen LogP contribution in [0.5, 0.6) is 0 Å². The molecule has 0 amide bonds. The molecule has 0 radical (unpaired) electrons. The molecule has 1 heterocycles. The van der Waals surface area contributed by atoms with Gasteiger partial charge in [0.25, 0.3) is 0 Å². The Morgan fingerprint density at radius 1 is 1.26 bits per heavy atom. The van der Waals surface area contributed by atoms with E-state index in [1.165, 1.54) is 28.7 Å². The molecule has 0 spiro atoms. The van der Waals surface area contributed by atoms with Crippen molar-refractivity contribution in [3.8, 4) is 0 Å². The van der Waals surface area contributed by atoms with Crippen LogP contribution in [0.1, 0.15) is 36.0 Å². The molecule has 5 heteroatoms. The molecule has 0 unspecified atom stereocenters. The SMILES string of the molecule is CC(C)(C)c1ccc(Sc2nc(Cl)c(C=O)s2)cc1. The zero-order valence-corrected chi connectivity index (χ0v) is 13.3. The van der Waals surface area contributed by atoms with Crippen LogP contribution in [0.2, 0.25) is 5.15 Å². The van der Waals surface area contributed by atoms with Gasteiger partial charge in [-0.05, 0) is 23.1 Å². The molecule has 1 aromatic carbocycles. The van der Waals surface area contributed by atoms with Crippen molar-refractivity contribution in [1.82, 2.24) is 4.98 Å². The van der Waals surface area contributed by atoms with E-state index in [1.54, 1.807) is 0 Å². The first-order valence-electron chi connectivity index (χ1n) is 5.80. The predicted octanol–water partition coefficient (Wildman–Crippen LogP) is 5.06. The molecule has 2 nitrogen and oxygen atoms in total. The second-order valence-electron chi connectivity index (χ2n) is 5.13. The largest absolute Gasteiger partial charge is 0.297 e. The average molecular weight is 312 g/mol. The van der Waals surface area contributed by atoms with E-state index in [0.717, 1.165) is 15.5 Å². The van der Waals surface area contributed by atoms with E-state index in [9.17, 15) is 4.79 Å². The van der Waals surface area contributed by atoms with E-state index in [2.05, 4.69) is 50.0 Å². The third-order valence-electron chi connectivity index (χ3n) is 2.62. The van der Waals surface area contributed by atoms with Gasteiger partial charge in [-0.3, -0.25) is 4.79 Å². The lowest BCUT2D eigenvalue weighted by atomic mass is 9.87. The second-order valence-corrected chi connectivity index (χ2v) is 7.84. The van der Waals surface area contributed by atoms with Crippen LogP contribution in [0, 0.1) is 0 Å². The highest BCUT2D eigenvalue weighted by Gasteiger charge is 2.14. The van der Waals surface area contributed by atoms with E-state index < -0.39 is 0 Å². The molecular weight excluding hydrogens is 298 g/mol. The minimum atomic E-state index is 0.151. The Kier molecular flexibility index (Phi) is 4.33. The van der Waals surface area contributed by atoms with Crippen LogP contribution in [0.4, 0.5) is 0 Å². The van der Waals surface area contributed by atoms with Crippen LogP contribution in [-0.2, 0) is 5.41 Å². The van der Waals surface area contributed by atoms with Crippen molar-refractivity contribution in [3.05, 3.63) is 39.9 Å². The molecule has 0 saturated carbocycles. The molecule has 0 saturated heterocycles. The number of rotatable bonds is 3. The maximum atomic E-state index is 10.7. The van der Waals surface area contributed by atoms with Gasteiger partial charge in [-0.25, -0.2) is 4.98 Å². The third kappa shape index (κ3) is 3.59. The summed E-state index contributed by atoms with van der Waals surface area (Å²) in [5.41, 5.74) is 1.45. The molecule has 19 heavy (non-hydrogen) atoms. The molecule has 100 valence electrons. The number of benzene rings is 1. The van der Waals surface area contributed by atoms with Gasteiger partial charge in [0, 0.05) is 4.90 Å². The van der Waals surface area contributed by atoms with Gasteiger partial charge in [0.2, 0.25) is 0 Å². The van der Waals surface area contributed by atoms with Crippen molar-refractivity contribution >= 4 is 41.0 Å². The molecule has 0 atom stereocenters. The van der Waals surface area contributed by atoms with Crippen LogP contribution in [0.15, 0.2) is 33.5 Å². The van der Waals surface area contributed by atoms with Gasteiger partial charge in [-0.1, -0.05) is 56.3 Å². The smallest absolute Gasteiger partial charge is 0.163 e. The number of carbonyl (C=O) groups is 1. The number of halogens is 1. The molecule has 0 fully saturated rings. The van der Waals surface area contributed by atoms with Crippen molar-refractivity contribution in [2.75, 3.05) is 0 Å². The van der Waals surface area contributed by atoms with E-state index in [1.807, 2.05) is 0 Å². The molecule has 0 aliphatic rings. The Balaban J connectivity index is 2.17. The quantitative estimate of drug-likeness (QED) is 0.742. The first-order valence-corrected chi connectivity index (χ1v) is 7.81. The van der Waals surface area contributed by atoms with Gasteiger partial charge in [-0.15, -0.1) is 11.3 Å². The number of hydrogen-bond donors (Lipinski definition) is 0. The summed E-state index contributed by atoms with van der Waals surface area (Å²) in [6.45, 7) is 6.56. The summed E-state index contributed by atoms with van der Waals surface area (Å²) in [7, 11) is 0. The fourth-order valence-electron chi connectivity index (χ4n) is 1.53. The molecule has 2 aromatic rings. The van der Waals surface area contributed by atoms with Crippen molar-refractivity contribution in [2.45, 2.75) is 35.4 Å². The van der Waals surface area contributed by atoms with E-state index in [0.29, 0.717) is 4.88 Å². The Hall–Kier alpha value is -0.840. The number of carbonyl (C=O) groups excluding carboxylic acids is 1. The first-order chi connectivity index (χ1) is 8.90. The molecule has 0 aliphatic carbocycles. The predicted molar refractivity (Wildman–Crippen MR) is 81.8 cm³/mol. The van der Waals surface area contributed by atoms with Crippen LogP contribution in [0.25, 0.3) is 0 Å². The first kappa shape index (κ1) is 14.6. The van der Waals surface area contributed by atoms with Gasteiger partial charge in [0.1, 0.15) is 4.88 Å². The fraction of sp³-hybridized carbons (Fsp3) is 0.286. The van der Waals surface area contributed by atoms with E-state index >= 15 is 0 Å². The highest BCUT2D eigenvalue weighted by molar-refractivity contribution is 8.01. The maximum Gasteiger partial charge on any atom is 0.163 e. The standard InChI is InChI=1S/C14H14ClNOS2/c1-14(2,3)9-4-6-10(7-5-9)18-13-16-12(15)11(8-17)19-13/h4-8H,1-3H3. The molecule has 0 bridgehead atoms. The van der Waals surface area contributed by atoms with Crippen molar-refractivity contribution in [1.29, 1.82) is 0 Å². The van der Waals surface area contributed by atoms with Crippen molar-refractivity contribution < 1.29 is 4.79 Å². The molecule has 1 aromatic heterocycles. The summed E-state index contributed by atoms with van der Waals surface area (Å²) < 4.78 is 0.788. The van der Waals surface area contributed by atoms with Crippen molar-refractivity contribution in [2.24, 2.45) is 0 Å². The second kappa shape index (κ2) is 5.65. The Bertz CT molecular complexity index is 584. The normalized spacial score (nSPS) is 11.6. The van der Waals surface area contributed by atoms with Crippen LogP contribution in [0.3, 0.4) is 0 Å². The van der Waals surface area contributed by atoms with Gasteiger partial charge in [0.05, 0.1) is 0 Å². The lowest BCUT2D eigenvalue weighted by Crippen LogP contribution is -2.10. The number of aromatic nitrogens is 1. The highest BCUT2D eigenvalue weighted by Crippen LogP contribution is 2.35. The lowest BCUT2D eigenvalue weighted by molar-refractivity contribution is 0.112.